The fourth-order valence-corrected chi connectivity index (χ4v) is 6.03. The molecule has 2 aromatic heterocycles. The van der Waals surface area contributed by atoms with Gasteiger partial charge in [-0.1, -0.05) is 17.7 Å². The van der Waals surface area contributed by atoms with E-state index in [-0.39, 0.29) is 11.9 Å². The zero-order valence-electron chi connectivity index (χ0n) is 18.4. The summed E-state index contributed by atoms with van der Waals surface area (Å²) in [4.78, 5) is 22.1. The molecule has 2 aliphatic rings. The maximum absolute atomic E-state index is 12.9. The van der Waals surface area contributed by atoms with Crippen LogP contribution in [0.4, 0.5) is 0 Å². The van der Waals surface area contributed by atoms with Gasteiger partial charge in [0, 0.05) is 53.5 Å². The van der Waals surface area contributed by atoms with Crippen LogP contribution in [0.1, 0.15) is 34.0 Å². The van der Waals surface area contributed by atoms with Gasteiger partial charge in [0.05, 0.1) is 23.2 Å². The van der Waals surface area contributed by atoms with Crippen molar-refractivity contribution in [1.82, 2.24) is 14.8 Å². The zero-order chi connectivity index (χ0) is 23.8. The maximum atomic E-state index is 12.9. The summed E-state index contributed by atoms with van der Waals surface area (Å²) in [5, 5.41) is 12.0. The number of pyridine rings is 2. The molecule has 34 heavy (non-hydrogen) atoms. The van der Waals surface area contributed by atoms with E-state index in [2.05, 4.69) is 48.9 Å². The number of piperazine rings is 1. The van der Waals surface area contributed by atoms with Gasteiger partial charge in [-0.15, -0.1) is 0 Å². The van der Waals surface area contributed by atoms with Crippen molar-refractivity contribution in [3.8, 4) is 0 Å². The number of rotatable bonds is 3. The number of fused-ring (bicyclic) bond motifs is 2. The fourth-order valence-electron chi connectivity index (χ4n) is 4.91. The standard InChI is InChI=1S/C25H23Br2ClN4O2/c26-18-14-17-1-2-19-20(3-4-21(28)23(19)27)25(24(17)29-15-18)31-11-9-30(10-12-31)22(33)13-16-5-7-32(34)8-6-16/h3-8,14-15,25H,1-2,9-13H2/t25-/m0/s1. The number of carbonyl (C=O) groups is 1. The largest absolute Gasteiger partial charge is 0.619 e. The monoisotopic (exact) mass is 604 g/mol. The highest BCUT2D eigenvalue weighted by atomic mass is 79.9. The van der Waals surface area contributed by atoms with E-state index in [1.807, 2.05) is 17.2 Å². The van der Waals surface area contributed by atoms with E-state index in [0.29, 0.717) is 19.5 Å². The molecule has 6 nitrogen and oxygen atoms in total. The predicted molar refractivity (Wildman–Crippen MR) is 138 cm³/mol. The first kappa shape index (κ1) is 23.7. The minimum absolute atomic E-state index is 0.00745. The Bertz CT molecular complexity index is 1230. The number of hydrogen-bond acceptors (Lipinski definition) is 4. The molecule has 1 aliphatic carbocycles. The van der Waals surface area contributed by atoms with E-state index in [1.165, 1.54) is 29.1 Å². The van der Waals surface area contributed by atoms with E-state index in [4.69, 9.17) is 16.6 Å². The molecule has 0 unspecified atom stereocenters. The van der Waals surface area contributed by atoms with E-state index in [0.717, 1.165) is 55.9 Å². The number of nitrogens with zero attached hydrogens (tertiary/aromatic N) is 4. The van der Waals surface area contributed by atoms with Gasteiger partial charge in [-0.25, -0.2) is 0 Å². The quantitative estimate of drug-likeness (QED) is 0.326. The first-order chi connectivity index (χ1) is 16.4. The van der Waals surface area contributed by atoms with Crippen LogP contribution in [0.5, 0.6) is 0 Å². The van der Waals surface area contributed by atoms with Crippen molar-refractivity contribution >= 4 is 49.4 Å². The molecule has 1 aromatic carbocycles. The molecule has 0 spiro atoms. The third kappa shape index (κ3) is 4.73. The molecule has 0 saturated carbocycles. The number of halogens is 3. The van der Waals surface area contributed by atoms with E-state index in [1.54, 1.807) is 12.1 Å². The lowest BCUT2D eigenvalue weighted by atomic mass is 9.96. The second kappa shape index (κ2) is 9.93. The summed E-state index contributed by atoms with van der Waals surface area (Å²) < 4.78 is 2.67. The summed E-state index contributed by atoms with van der Waals surface area (Å²) in [5.41, 5.74) is 5.61. The smallest absolute Gasteiger partial charge is 0.227 e. The summed E-state index contributed by atoms with van der Waals surface area (Å²) in [6.45, 7) is 2.81. The number of aromatic nitrogens is 2. The summed E-state index contributed by atoms with van der Waals surface area (Å²) in [6, 6.07) is 9.66. The Hall–Kier alpha value is -2.00. The van der Waals surface area contributed by atoms with Crippen molar-refractivity contribution in [2.24, 2.45) is 0 Å². The third-order valence-electron chi connectivity index (χ3n) is 6.66. The van der Waals surface area contributed by atoms with Crippen LogP contribution < -0.4 is 4.73 Å². The highest BCUT2D eigenvalue weighted by Crippen LogP contribution is 2.41. The van der Waals surface area contributed by atoms with E-state index >= 15 is 0 Å². The Balaban J connectivity index is 1.39. The van der Waals surface area contributed by atoms with Crippen molar-refractivity contribution in [3.63, 3.8) is 0 Å². The van der Waals surface area contributed by atoms with Gasteiger partial charge in [0.2, 0.25) is 5.91 Å². The number of aryl methyl sites for hydroxylation is 1. The molecule has 9 heteroatoms. The van der Waals surface area contributed by atoms with Gasteiger partial charge in [0.25, 0.3) is 0 Å². The lowest BCUT2D eigenvalue weighted by molar-refractivity contribution is -0.605. The van der Waals surface area contributed by atoms with Crippen molar-refractivity contribution in [2.75, 3.05) is 26.2 Å². The molecular weight excluding hydrogens is 584 g/mol. The average molecular weight is 607 g/mol. The van der Waals surface area contributed by atoms with Crippen LogP contribution in [0.3, 0.4) is 0 Å². The lowest BCUT2D eigenvalue weighted by Crippen LogP contribution is -2.50. The highest BCUT2D eigenvalue weighted by Gasteiger charge is 2.34. The van der Waals surface area contributed by atoms with Crippen molar-refractivity contribution in [3.05, 3.63) is 96.0 Å². The first-order valence-corrected chi connectivity index (χ1v) is 13.2. The minimum atomic E-state index is 0.00745. The topological polar surface area (TPSA) is 63.4 Å². The van der Waals surface area contributed by atoms with Crippen molar-refractivity contribution < 1.29 is 9.52 Å². The van der Waals surface area contributed by atoms with Crippen LogP contribution in [0.25, 0.3) is 0 Å². The summed E-state index contributed by atoms with van der Waals surface area (Å²) >= 11 is 13.8. The number of benzene rings is 1. The van der Waals surface area contributed by atoms with Crippen LogP contribution in [0, 0.1) is 5.21 Å². The maximum Gasteiger partial charge on any atom is 0.227 e. The lowest BCUT2D eigenvalue weighted by Gasteiger charge is -2.40. The Labute approximate surface area is 220 Å². The molecule has 3 aromatic rings. The van der Waals surface area contributed by atoms with E-state index < -0.39 is 0 Å². The Morgan fingerprint density at radius 2 is 1.85 bits per heavy atom. The number of carbonyl (C=O) groups excluding carboxylic acids is 1. The number of hydrogen-bond donors (Lipinski definition) is 0. The second-order valence-corrected chi connectivity index (χ2v) is 10.8. The predicted octanol–water partition coefficient (Wildman–Crippen LogP) is 4.47. The first-order valence-electron chi connectivity index (χ1n) is 11.2. The third-order valence-corrected chi connectivity index (χ3v) is 8.54. The SMILES string of the molecule is O=C(Cc1cc[n+]([O-])cc1)N1CCN([C@H]2c3ccc(Cl)c(Br)c3CCc3cc(Br)cnc32)CC1. The molecule has 1 saturated heterocycles. The van der Waals surface area contributed by atoms with Gasteiger partial charge in [-0.2, -0.15) is 4.73 Å². The molecule has 1 aliphatic heterocycles. The zero-order valence-corrected chi connectivity index (χ0v) is 22.3. The highest BCUT2D eigenvalue weighted by molar-refractivity contribution is 9.10. The molecule has 1 fully saturated rings. The van der Waals surface area contributed by atoms with Crippen LogP contribution in [-0.4, -0.2) is 46.9 Å². The molecule has 0 N–H and O–H groups in total. The van der Waals surface area contributed by atoms with Gasteiger partial charge in [-0.05, 0) is 79.1 Å². The summed E-state index contributed by atoms with van der Waals surface area (Å²) in [6.07, 6.45) is 6.80. The summed E-state index contributed by atoms with van der Waals surface area (Å²) in [7, 11) is 0. The van der Waals surface area contributed by atoms with Gasteiger partial charge in [0.15, 0.2) is 12.4 Å². The van der Waals surface area contributed by atoms with E-state index in [9.17, 15) is 10.0 Å². The van der Waals surface area contributed by atoms with Crippen molar-refractivity contribution in [2.45, 2.75) is 25.3 Å². The molecule has 5 rings (SSSR count). The number of amides is 1. The second-order valence-electron chi connectivity index (χ2n) is 8.69. The van der Waals surface area contributed by atoms with Gasteiger partial charge < -0.3 is 10.1 Å². The summed E-state index contributed by atoms with van der Waals surface area (Å²) in [5.74, 6) is 0.0848. The molecule has 1 atom stereocenters. The molecule has 1 amide bonds. The molecule has 3 heterocycles. The van der Waals surface area contributed by atoms with Gasteiger partial charge >= 0.3 is 0 Å². The minimum Gasteiger partial charge on any atom is -0.619 e. The Kier molecular flexibility index (Phi) is 6.93. The Morgan fingerprint density at radius 1 is 1.12 bits per heavy atom. The van der Waals surface area contributed by atoms with Crippen LogP contribution in [0.2, 0.25) is 5.02 Å². The Morgan fingerprint density at radius 3 is 2.59 bits per heavy atom. The molecule has 0 bridgehead atoms. The fraction of sp³-hybridized carbons (Fsp3) is 0.320. The molecule has 176 valence electrons. The average Bonchev–Trinajstić information content (AvgIpc) is 3.00. The molecule has 0 radical (unpaired) electrons. The van der Waals surface area contributed by atoms with Crippen LogP contribution in [-0.2, 0) is 24.1 Å². The van der Waals surface area contributed by atoms with Crippen LogP contribution in [0.15, 0.2) is 57.9 Å². The molecular formula is C25H23Br2ClN4O2. The van der Waals surface area contributed by atoms with Gasteiger partial charge in [-0.3, -0.25) is 14.7 Å². The van der Waals surface area contributed by atoms with Crippen LogP contribution >= 0.6 is 43.5 Å². The normalized spacial score (nSPS) is 18.2. The van der Waals surface area contributed by atoms with Crippen molar-refractivity contribution in [1.29, 1.82) is 0 Å². The van der Waals surface area contributed by atoms with Gasteiger partial charge in [0.1, 0.15) is 0 Å².